The SMILES string of the molecule is CCCCCCCC(=O)NCC(=O)C(C)C. The van der Waals surface area contributed by atoms with Crippen molar-refractivity contribution in [2.24, 2.45) is 5.92 Å². The lowest BCUT2D eigenvalue weighted by Crippen LogP contribution is -2.31. The first kappa shape index (κ1) is 15.1. The molecule has 0 rings (SSSR count). The van der Waals surface area contributed by atoms with Crippen LogP contribution in [0.3, 0.4) is 0 Å². The molecule has 1 N–H and O–H groups in total. The van der Waals surface area contributed by atoms with Crippen molar-refractivity contribution >= 4 is 11.7 Å². The first-order valence-electron chi connectivity index (χ1n) is 6.37. The van der Waals surface area contributed by atoms with E-state index >= 15 is 0 Å². The van der Waals surface area contributed by atoms with E-state index in [1.807, 2.05) is 13.8 Å². The summed E-state index contributed by atoms with van der Waals surface area (Å²) in [6.45, 7) is 6.05. The molecule has 0 aromatic carbocycles. The Morgan fingerprint density at radius 1 is 1.06 bits per heavy atom. The number of rotatable bonds is 9. The van der Waals surface area contributed by atoms with E-state index in [4.69, 9.17) is 0 Å². The van der Waals surface area contributed by atoms with Gasteiger partial charge in [-0.25, -0.2) is 0 Å². The number of hydrogen-bond acceptors (Lipinski definition) is 2. The highest BCUT2D eigenvalue weighted by Crippen LogP contribution is 2.04. The van der Waals surface area contributed by atoms with E-state index in [2.05, 4.69) is 12.2 Å². The third-order valence-corrected chi connectivity index (χ3v) is 2.61. The highest BCUT2D eigenvalue weighted by molar-refractivity contribution is 5.87. The summed E-state index contributed by atoms with van der Waals surface area (Å²) in [5, 5.41) is 2.67. The quantitative estimate of drug-likeness (QED) is 0.616. The number of amides is 1. The molecule has 0 saturated heterocycles. The minimum absolute atomic E-state index is 0.00449. The van der Waals surface area contributed by atoms with Gasteiger partial charge in [0.15, 0.2) is 5.78 Å². The average molecular weight is 227 g/mol. The number of unbranched alkanes of at least 4 members (excludes halogenated alkanes) is 4. The Bertz CT molecular complexity index is 212. The number of hydrogen-bond donors (Lipinski definition) is 1. The van der Waals surface area contributed by atoms with Crippen LogP contribution in [0.25, 0.3) is 0 Å². The van der Waals surface area contributed by atoms with Crippen molar-refractivity contribution in [3.05, 3.63) is 0 Å². The fourth-order valence-electron chi connectivity index (χ4n) is 1.37. The van der Waals surface area contributed by atoms with Crippen LogP contribution in [0.1, 0.15) is 59.3 Å². The van der Waals surface area contributed by atoms with Crippen LogP contribution in [-0.2, 0) is 9.59 Å². The standard InChI is InChI=1S/C13H25NO2/c1-4-5-6-7-8-9-13(16)14-10-12(15)11(2)3/h11H,4-10H2,1-3H3,(H,14,16). The Labute approximate surface area is 99.0 Å². The lowest BCUT2D eigenvalue weighted by molar-refractivity contribution is -0.126. The summed E-state index contributed by atoms with van der Waals surface area (Å²) in [6.07, 6.45) is 6.26. The fraction of sp³-hybridized carbons (Fsp3) is 0.846. The van der Waals surface area contributed by atoms with Crippen molar-refractivity contribution in [2.45, 2.75) is 59.3 Å². The fourth-order valence-corrected chi connectivity index (χ4v) is 1.37. The zero-order valence-electron chi connectivity index (χ0n) is 10.8. The van der Waals surface area contributed by atoms with Crippen LogP contribution in [0, 0.1) is 5.92 Å². The molecule has 0 unspecified atom stereocenters. The molecule has 3 heteroatoms. The van der Waals surface area contributed by atoms with E-state index in [0.29, 0.717) is 6.42 Å². The van der Waals surface area contributed by atoms with Crippen LogP contribution in [-0.4, -0.2) is 18.2 Å². The molecular formula is C13H25NO2. The van der Waals surface area contributed by atoms with Gasteiger partial charge in [0.2, 0.25) is 5.91 Å². The van der Waals surface area contributed by atoms with Crippen LogP contribution in [0.4, 0.5) is 0 Å². The molecule has 0 saturated carbocycles. The van der Waals surface area contributed by atoms with Gasteiger partial charge >= 0.3 is 0 Å². The summed E-state index contributed by atoms with van der Waals surface area (Å²) in [7, 11) is 0. The zero-order chi connectivity index (χ0) is 12.4. The molecule has 0 bridgehead atoms. The molecule has 16 heavy (non-hydrogen) atoms. The molecule has 94 valence electrons. The molecule has 0 aromatic heterocycles. The van der Waals surface area contributed by atoms with E-state index in [1.54, 1.807) is 0 Å². The second kappa shape index (κ2) is 9.37. The lowest BCUT2D eigenvalue weighted by Gasteiger charge is -2.06. The summed E-state index contributed by atoms with van der Waals surface area (Å²) in [5.74, 6) is 0.106. The second-order valence-corrected chi connectivity index (χ2v) is 4.56. The summed E-state index contributed by atoms with van der Waals surface area (Å²) in [6, 6.07) is 0. The minimum Gasteiger partial charge on any atom is -0.349 e. The summed E-state index contributed by atoms with van der Waals surface area (Å²) in [5.41, 5.74) is 0. The minimum atomic E-state index is 0.00449. The third-order valence-electron chi connectivity index (χ3n) is 2.61. The molecule has 0 aliphatic heterocycles. The van der Waals surface area contributed by atoms with Gasteiger partial charge < -0.3 is 5.32 Å². The first-order valence-corrected chi connectivity index (χ1v) is 6.37. The Hall–Kier alpha value is -0.860. The average Bonchev–Trinajstić information content (AvgIpc) is 2.25. The van der Waals surface area contributed by atoms with E-state index in [9.17, 15) is 9.59 Å². The predicted octanol–water partition coefficient (Wildman–Crippen LogP) is 2.69. The van der Waals surface area contributed by atoms with Gasteiger partial charge in [-0.05, 0) is 6.42 Å². The smallest absolute Gasteiger partial charge is 0.220 e. The van der Waals surface area contributed by atoms with Gasteiger partial charge in [-0.2, -0.15) is 0 Å². The Balaban J connectivity index is 3.41. The van der Waals surface area contributed by atoms with Gasteiger partial charge in [0.25, 0.3) is 0 Å². The maximum Gasteiger partial charge on any atom is 0.220 e. The van der Waals surface area contributed by atoms with Gasteiger partial charge in [0, 0.05) is 12.3 Å². The molecule has 0 aliphatic rings. The van der Waals surface area contributed by atoms with Crippen molar-refractivity contribution < 1.29 is 9.59 Å². The summed E-state index contributed by atoms with van der Waals surface area (Å²) in [4.78, 5) is 22.6. The molecule has 0 atom stereocenters. The van der Waals surface area contributed by atoms with Gasteiger partial charge in [-0.1, -0.05) is 46.5 Å². The molecule has 0 heterocycles. The maximum atomic E-state index is 11.3. The molecule has 3 nitrogen and oxygen atoms in total. The number of carbonyl (C=O) groups excluding carboxylic acids is 2. The normalized spacial score (nSPS) is 10.5. The molecule has 1 amide bonds. The third kappa shape index (κ3) is 8.45. The summed E-state index contributed by atoms with van der Waals surface area (Å²) >= 11 is 0. The highest BCUT2D eigenvalue weighted by atomic mass is 16.2. The van der Waals surface area contributed by atoms with E-state index < -0.39 is 0 Å². The largest absolute Gasteiger partial charge is 0.349 e. The van der Waals surface area contributed by atoms with E-state index in [0.717, 1.165) is 12.8 Å². The maximum absolute atomic E-state index is 11.3. The van der Waals surface area contributed by atoms with Crippen LogP contribution in [0.2, 0.25) is 0 Å². The van der Waals surface area contributed by atoms with Crippen molar-refractivity contribution in [3.8, 4) is 0 Å². The van der Waals surface area contributed by atoms with Crippen LogP contribution in [0.5, 0.6) is 0 Å². The second-order valence-electron chi connectivity index (χ2n) is 4.56. The lowest BCUT2D eigenvalue weighted by atomic mass is 10.1. The molecule has 0 spiro atoms. The number of ketones is 1. The summed E-state index contributed by atoms with van der Waals surface area (Å²) < 4.78 is 0. The Kier molecular flexibility index (Phi) is 8.87. The van der Waals surface area contributed by atoms with Gasteiger partial charge in [-0.3, -0.25) is 9.59 Å². The number of Topliss-reactive ketones (excluding diaryl/α,β-unsaturated/α-hetero) is 1. The van der Waals surface area contributed by atoms with Crippen molar-refractivity contribution in [3.63, 3.8) is 0 Å². The highest BCUT2D eigenvalue weighted by Gasteiger charge is 2.08. The molecule has 0 aliphatic carbocycles. The zero-order valence-corrected chi connectivity index (χ0v) is 10.8. The molecule has 0 radical (unpaired) electrons. The Morgan fingerprint density at radius 3 is 2.25 bits per heavy atom. The van der Waals surface area contributed by atoms with E-state index in [-0.39, 0.29) is 24.2 Å². The monoisotopic (exact) mass is 227 g/mol. The van der Waals surface area contributed by atoms with E-state index in [1.165, 1.54) is 19.3 Å². The predicted molar refractivity (Wildman–Crippen MR) is 66.2 cm³/mol. The van der Waals surface area contributed by atoms with Crippen molar-refractivity contribution in [1.82, 2.24) is 5.32 Å². The van der Waals surface area contributed by atoms with Crippen LogP contribution < -0.4 is 5.32 Å². The van der Waals surface area contributed by atoms with Crippen molar-refractivity contribution in [2.75, 3.05) is 6.54 Å². The van der Waals surface area contributed by atoms with Crippen LogP contribution >= 0.6 is 0 Å². The number of nitrogens with one attached hydrogen (secondary N) is 1. The van der Waals surface area contributed by atoms with Crippen molar-refractivity contribution in [1.29, 1.82) is 0 Å². The molecule has 0 fully saturated rings. The Morgan fingerprint density at radius 2 is 1.69 bits per heavy atom. The molecular weight excluding hydrogens is 202 g/mol. The van der Waals surface area contributed by atoms with Gasteiger partial charge in [0.1, 0.15) is 0 Å². The molecule has 0 aromatic rings. The van der Waals surface area contributed by atoms with Crippen LogP contribution in [0.15, 0.2) is 0 Å². The topological polar surface area (TPSA) is 46.2 Å². The first-order chi connectivity index (χ1) is 7.57. The number of carbonyl (C=O) groups is 2. The van der Waals surface area contributed by atoms with Gasteiger partial charge in [0.05, 0.1) is 6.54 Å². The van der Waals surface area contributed by atoms with Gasteiger partial charge in [-0.15, -0.1) is 0 Å².